The van der Waals surface area contributed by atoms with Crippen LogP contribution in [0.2, 0.25) is 0 Å². The van der Waals surface area contributed by atoms with Crippen molar-refractivity contribution in [3.8, 4) is 5.75 Å². The van der Waals surface area contributed by atoms with Crippen LogP contribution in [0.15, 0.2) is 18.2 Å². The first-order valence-electron chi connectivity index (χ1n) is 5.82. The van der Waals surface area contributed by atoms with E-state index in [2.05, 4.69) is 5.32 Å². The van der Waals surface area contributed by atoms with Crippen LogP contribution >= 0.6 is 0 Å². The summed E-state index contributed by atoms with van der Waals surface area (Å²) in [6.45, 7) is 4.02. The van der Waals surface area contributed by atoms with E-state index in [1.54, 1.807) is 6.07 Å². The summed E-state index contributed by atoms with van der Waals surface area (Å²) in [6, 6.07) is 4.61. The van der Waals surface area contributed by atoms with Crippen LogP contribution in [-0.4, -0.2) is 31.8 Å². The zero-order valence-corrected chi connectivity index (χ0v) is 10.6. The van der Waals surface area contributed by atoms with Crippen molar-refractivity contribution in [2.24, 2.45) is 0 Å². The van der Waals surface area contributed by atoms with Gasteiger partial charge in [0.2, 0.25) is 0 Å². The highest BCUT2D eigenvalue weighted by atomic mass is 16.6. The van der Waals surface area contributed by atoms with Crippen LogP contribution < -0.4 is 10.1 Å². The van der Waals surface area contributed by atoms with Crippen molar-refractivity contribution < 1.29 is 14.4 Å². The summed E-state index contributed by atoms with van der Waals surface area (Å²) in [5.41, 5.74) is 0.694. The third kappa shape index (κ3) is 4.58. The number of hydrogen-bond acceptors (Lipinski definition) is 5. The molecule has 100 valence electrons. The number of nitro benzene ring substituents is 1. The van der Waals surface area contributed by atoms with E-state index in [9.17, 15) is 10.1 Å². The number of nitro groups is 1. The van der Waals surface area contributed by atoms with Crippen molar-refractivity contribution >= 4 is 11.4 Å². The molecule has 6 heteroatoms. The Kier molecular flexibility index (Phi) is 5.93. The number of methoxy groups -OCH3 is 1. The number of ether oxygens (including phenoxy) is 2. The lowest BCUT2D eigenvalue weighted by molar-refractivity contribution is -0.384. The largest absolute Gasteiger partial charge is 0.496 e. The van der Waals surface area contributed by atoms with Gasteiger partial charge in [0.1, 0.15) is 5.75 Å². The van der Waals surface area contributed by atoms with Crippen LogP contribution in [-0.2, 0) is 4.74 Å². The lowest BCUT2D eigenvalue weighted by Gasteiger charge is -2.08. The van der Waals surface area contributed by atoms with Crippen LogP contribution in [0.3, 0.4) is 0 Å². The highest BCUT2D eigenvalue weighted by Crippen LogP contribution is 2.25. The molecule has 0 fully saturated rings. The van der Waals surface area contributed by atoms with E-state index in [1.165, 1.54) is 19.2 Å². The average Bonchev–Trinajstić information content (AvgIpc) is 2.38. The molecule has 0 amide bonds. The number of rotatable bonds is 8. The van der Waals surface area contributed by atoms with Gasteiger partial charge in [0.05, 0.1) is 18.1 Å². The summed E-state index contributed by atoms with van der Waals surface area (Å²) in [4.78, 5) is 10.3. The Morgan fingerprint density at radius 1 is 1.39 bits per heavy atom. The SMILES string of the molecule is CCOCCCNc1cc(OC)cc([N+](=O)[O-])c1. The van der Waals surface area contributed by atoms with Gasteiger partial charge in [-0.05, 0) is 13.3 Å². The van der Waals surface area contributed by atoms with Crippen LogP contribution in [0.5, 0.6) is 5.75 Å². The fraction of sp³-hybridized carbons (Fsp3) is 0.500. The van der Waals surface area contributed by atoms with E-state index >= 15 is 0 Å². The number of hydrogen-bond donors (Lipinski definition) is 1. The minimum Gasteiger partial charge on any atom is -0.496 e. The van der Waals surface area contributed by atoms with Crippen LogP contribution in [0.4, 0.5) is 11.4 Å². The maximum absolute atomic E-state index is 10.7. The Morgan fingerprint density at radius 2 is 2.17 bits per heavy atom. The van der Waals surface area contributed by atoms with Crippen molar-refractivity contribution in [2.75, 3.05) is 32.2 Å². The predicted octanol–water partition coefficient (Wildman–Crippen LogP) is 2.44. The maximum Gasteiger partial charge on any atom is 0.275 e. The van der Waals surface area contributed by atoms with Gasteiger partial charge in [0.15, 0.2) is 0 Å². The number of non-ortho nitro benzene ring substituents is 1. The van der Waals surface area contributed by atoms with Crippen molar-refractivity contribution in [1.82, 2.24) is 0 Å². The molecule has 0 heterocycles. The molecule has 0 unspecified atom stereocenters. The highest BCUT2D eigenvalue weighted by Gasteiger charge is 2.09. The molecule has 0 radical (unpaired) electrons. The van der Waals surface area contributed by atoms with Gasteiger partial charge >= 0.3 is 0 Å². The second-order valence-electron chi connectivity index (χ2n) is 3.65. The van der Waals surface area contributed by atoms with Gasteiger partial charge in [0, 0.05) is 37.6 Å². The summed E-state index contributed by atoms with van der Waals surface area (Å²) in [5, 5.41) is 13.8. The zero-order chi connectivity index (χ0) is 13.4. The molecular formula is C12H18N2O4. The second kappa shape index (κ2) is 7.50. The molecule has 0 saturated heterocycles. The molecule has 6 nitrogen and oxygen atoms in total. The Bertz CT molecular complexity index is 396. The van der Waals surface area contributed by atoms with Gasteiger partial charge in [-0.1, -0.05) is 0 Å². The molecule has 0 bridgehead atoms. The van der Waals surface area contributed by atoms with Crippen molar-refractivity contribution in [3.05, 3.63) is 28.3 Å². The summed E-state index contributed by atoms with van der Waals surface area (Å²) >= 11 is 0. The number of nitrogens with one attached hydrogen (secondary N) is 1. The fourth-order valence-corrected chi connectivity index (χ4v) is 1.46. The molecule has 0 spiro atoms. The Morgan fingerprint density at radius 3 is 2.78 bits per heavy atom. The maximum atomic E-state index is 10.7. The topological polar surface area (TPSA) is 73.6 Å². The van der Waals surface area contributed by atoms with E-state index in [0.717, 1.165) is 6.42 Å². The average molecular weight is 254 g/mol. The summed E-state index contributed by atoms with van der Waals surface area (Å²) in [5.74, 6) is 0.469. The first-order chi connectivity index (χ1) is 8.67. The molecular weight excluding hydrogens is 236 g/mol. The molecule has 0 aliphatic carbocycles. The highest BCUT2D eigenvalue weighted by molar-refractivity contribution is 5.56. The van der Waals surface area contributed by atoms with E-state index in [-0.39, 0.29) is 5.69 Å². The smallest absolute Gasteiger partial charge is 0.275 e. The third-order valence-electron chi connectivity index (χ3n) is 2.34. The monoisotopic (exact) mass is 254 g/mol. The zero-order valence-electron chi connectivity index (χ0n) is 10.6. The van der Waals surface area contributed by atoms with Crippen LogP contribution in [0, 0.1) is 10.1 Å². The van der Waals surface area contributed by atoms with Gasteiger partial charge < -0.3 is 14.8 Å². The van der Waals surface area contributed by atoms with Gasteiger partial charge in [-0.25, -0.2) is 0 Å². The first kappa shape index (κ1) is 14.2. The van der Waals surface area contributed by atoms with E-state index in [0.29, 0.717) is 31.2 Å². The first-order valence-corrected chi connectivity index (χ1v) is 5.82. The normalized spacial score (nSPS) is 10.1. The van der Waals surface area contributed by atoms with Crippen LogP contribution in [0.25, 0.3) is 0 Å². The Labute approximate surface area is 106 Å². The van der Waals surface area contributed by atoms with E-state index in [1.807, 2.05) is 6.92 Å². The van der Waals surface area contributed by atoms with E-state index < -0.39 is 4.92 Å². The molecule has 0 atom stereocenters. The minimum absolute atomic E-state index is 0.0154. The van der Waals surface area contributed by atoms with Crippen molar-refractivity contribution in [3.63, 3.8) is 0 Å². The van der Waals surface area contributed by atoms with E-state index in [4.69, 9.17) is 9.47 Å². The third-order valence-corrected chi connectivity index (χ3v) is 2.34. The van der Waals surface area contributed by atoms with Crippen LogP contribution in [0.1, 0.15) is 13.3 Å². The quantitative estimate of drug-likeness (QED) is 0.438. The molecule has 0 aromatic heterocycles. The minimum atomic E-state index is -0.437. The number of benzene rings is 1. The molecule has 1 rings (SSSR count). The predicted molar refractivity (Wildman–Crippen MR) is 69.2 cm³/mol. The standard InChI is InChI=1S/C12H18N2O4/c1-3-18-6-4-5-13-10-7-11(14(15)16)9-12(8-10)17-2/h7-9,13H,3-6H2,1-2H3. The van der Waals surface area contributed by atoms with Gasteiger partial charge in [-0.3, -0.25) is 10.1 Å². The molecule has 0 aliphatic rings. The molecule has 0 saturated carbocycles. The Hall–Kier alpha value is -1.82. The summed E-state index contributed by atoms with van der Waals surface area (Å²) in [7, 11) is 1.48. The molecule has 1 aromatic carbocycles. The number of anilines is 1. The molecule has 18 heavy (non-hydrogen) atoms. The van der Waals surface area contributed by atoms with Gasteiger partial charge in [-0.15, -0.1) is 0 Å². The van der Waals surface area contributed by atoms with Crippen molar-refractivity contribution in [2.45, 2.75) is 13.3 Å². The lowest BCUT2D eigenvalue weighted by Crippen LogP contribution is -2.06. The lowest BCUT2D eigenvalue weighted by atomic mass is 10.2. The summed E-state index contributed by atoms with van der Waals surface area (Å²) < 4.78 is 10.2. The Balaban J connectivity index is 2.58. The summed E-state index contributed by atoms with van der Waals surface area (Å²) in [6.07, 6.45) is 0.846. The van der Waals surface area contributed by atoms with Gasteiger partial charge in [-0.2, -0.15) is 0 Å². The van der Waals surface area contributed by atoms with Crippen molar-refractivity contribution in [1.29, 1.82) is 0 Å². The molecule has 1 N–H and O–H groups in total. The number of nitrogens with zero attached hydrogens (tertiary/aromatic N) is 1. The van der Waals surface area contributed by atoms with Gasteiger partial charge in [0.25, 0.3) is 5.69 Å². The molecule has 0 aliphatic heterocycles. The fourth-order valence-electron chi connectivity index (χ4n) is 1.46. The molecule has 1 aromatic rings. The second-order valence-corrected chi connectivity index (χ2v) is 3.65.